The molecule has 0 unspecified atom stereocenters. The summed E-state index contributed by atoms with van der Waals surface area (Å²) in [4.78, 5) is 15.0. The molecule has 0 atom stereocenters. The van der Waals surface area contributed by atoms with Crippen molar-refractivity contribution in [3.63, 3.8) is 0 Å². The Bertz CT molecular complexity index is 583. The third-order valence-corrected chi connectivity index (χ3v) is 5.59. The zero-order chi connectivity index (χ0) is 17.6. The Morgan fingerprint density at radius 3 is 2.58 bits per heavy atom. The second-order valence-corrected chi connectivity index (χ2v) is 7.64. The number of rotatable bonds is 6. The van der Waals surface area contributed by atoms with Crippen molar-refractivity contribution in [3.8, 4) is 5.75 Å². The summed E-state index contributed by atoms with van der Waals surface area (Å²) in [5.41, 5.74) is 0.615. The first-order chi connectivity index (χ1) is 12.2. The summed E-state index contributed by atoms with van der Waals surface area (Å²) in [6, 6.07) is 5.43. The molecule has 1 saturated heterocycles. The molecule has 1 heterocycles. The van der Waals surface area contributed by atoms with Crippen molar-refractivity contribution in [2.45, 2.75) is 51.6 Å². The molecule has 0 bridgehead atoms. The quantitative estimate of drug-likeness (QED) is 0.761. The van der Waals surface area contributed by atoms with E-state index in [1.165, 1.54) is 12.8 Å². The Hall–Kier alpha value is -0.970. The van der Waals surface area contributed by atoms with Crippen molar-refractivity contribution in [3.05, 3.63) is 28.8 Å². The molecule has 0 aromatic heterocycles. The van der Waals surface area contributed by atoms with E-state index in [9.17, 15) is 4.79 Å². The maximum Gasteiger partial charge on any atom is 0.257 e. The summed E-state index contributed by atoms with van der Waals surface area (Å²) in [5.74, 6) is 1.41. The third-order valence-electron chi connectivity index (χ3n) is 5.35. The average Bonchev–Trinajstić information content (AvgIpc) is 3.14. The summed E-state index contributed by atoms with van der Waals surface area (Å²) in [7, 11) is 0. The zero-order valence-electron chi connectivity index (χ0n) is 15.5. The molecule has 1 aromatic carbocycles. The van der Waals surface area contributed by atoms with E-state index in [4.69, 9.17) is 16.3 Å². The number of hydrogen-bond donors (Lipinski definition) is 1. The molecule has 1 aromatic rings. The lowest BCUT2D eigenvalue weighted by Gasteiger charge is -2.32. The Morgan fingerprint density at radius 2 is 1.92 bits per heavy atom. The standard InChI is InChI=1S/C20H29ClN2O2.ClH/c1-2-22-14-15-9-11-23(12-10-15)20(24)18-13-16(21)7-8-19(18)25-17-5-3-4-6-17;/h7-8,13,15,17,22H,2-6,9-12,14H2,1H3;1H. The van der Waals surface area contributed by atoms with Gasteiger partial charge in [0.1, 0.15) is 5.75 Å². The summed E-state index contributed by atoms with van der Waals surface area (Å²) in [6.07, 6.45) is 6.91. The minimum absolute atomic E-state index is 0. The fourth-order valence-corrected chi connectivity index (χ4v) is 3.99. The molecular weight excluding hydrogens is 371 g/mol. The topological polar surface area (TPSA) is 41.6 Å². The van der Waals surface area contributed by atoms with E-state index in [1.54, 1.807) is 6.07 Å². The molecule has 146 valence electrons. The number of carbonyl (C=O) groups is 1. The van der Waals surface area contributed by atoms with Crippen LogP contribution < -0.4 is 10.1 Å². The van der Waals surface area contributed by atoms with E-state index < -0.39 is 0 Å². The van der Waals surface area contributed by atoms with Gasteiger partial charge in [0.15, 0.2) is 0 Å². The first-order valence-corrected chi connectivity index (χ1v) is 10.0. The van der Waals surface area contributed by atoms with E-state index in [0.717, 1.165) is 51.9 Å². The van der Waals surface area contributed by atoms with Crippen LogP contribution in [0.3, 0.4) is 0 Å². The third kappa shape index (κ3) is 5.51. The first-order valence-electron chi connectivity index (χ1n) is 9.63. The van der Waals surface area contributed by atoms with Crippen molar-refractivity contribution in [1.29, 1.82) is 0 Å². The number of amides is 1. The van der Waals surface area contributed by atoms with Gasteiger partial charge in [-0.05, 0) is 75.7 Å². The van der Waals surface area contributed by atoms with Gasteiger partial charge in [0.25, 0.3) is 5.91 Å². The number of nitrogens with zero attached hydrogens (tertiary/aromatic N) is 1. The minimum Gasteiger partial charge on any atom is -0.490 e. The molecule has 4 nitrogen and oxygen atoms in total. The molecular formula is C20H30Cl2N2O2. The predicted octanol–water partition coefficient (Wildman–Crippen LogP) is 4.54. The monoisotopic (exact) mass is 400 g/mol. The Balaban J connectivity index is 0.00000243. The van der Waals surface area contributed by atoms with Gasteiger partial charge in [-0.1, -0.05) is 18.5 Å². The van der Waals surface area contributed by atoms with Gasteiger partial charge in [-0.2, -0.15) is 0 Å². The largest absolute Gasteiger partial charge is 0.490 e. The highest BCUT2D eigenvalue weighted by Crippen LogP contribution is 2.30. The van der Waals surface area contributed by atoms with Crippen molar-refractivity contribution in [1.82, 2.24) is 10.2 Å². The summed E-state index contributed by atoms with van der Waals surface area (Å²) >= 11 is 6.16. The highest BCUT2D eigenvalue weighted by molar-refractivity contribution is 6.31. The molecule has 1 N–H and O–H groups in total. The number of piperidine rings is 1. The second-order valence-electron chi connectivity index (χ2n) is 7.21. The number of likely N-dealkylation sites (tertiary alicyclic amines) is 1. The van der Waals surface area contributed by atoms with Gasteiger partial charge in [-0.25, -0.2) is 0 Å². The average molecular weight is 401 g/mol. The summed E-state index contributed by atoms with van der Waals surface area (Å²) in [6.45, 7) is 5.80. The van der Waals surface area contributed by atoms with Gasteiger partial charge >= 0.3 is 0 Å². The fourth-order valence-electron chi connectivity index (χ4n) is 3.82. The van der Waals surface area contributed by atoms with Gasteiger partial charge in [-0.3, -0.25) is 4.79 Å². The maximum atomic E-state index is 13.0. The van der Waals surface area contributed by atoms with E-state index >= 15 is 0 Å². The molecule has 26 heavy (non-hydrogen) atoms. The highest BCUT2D eigenvalue weighted by Gasteiger charge is 2.27. The smallest absolute Gasteiger partial charge is 0.257 e. The predicted molar refractivity (Wildman–Crippen MR) is 109 cm³/mol. The van der Waals surface area contributed by atoms with E-state index in [1.807, 2.05) is 17.0 Å². The molecule has 2 fully saturated rings. The van der Waals surface area contributed by atoms with Crippen LogP contribution in [-0.2, 0) is 0 Å². The number of nitrogens with one attached hydrogen (secondary N) is 1. The van der Waals surface area contributed by atoms with Crippen LogP contribution in [0.1, 0.15) is 55.8 Å². The van der Waals surface area contributed by atoms with Crippen LogP contribution in [-0.4, -0.2) is 43.1 Å². The Morgan fingerprint density at radius 1 is 1.23 bits per heavy atom. The number of hydrogen-bond acceptors (Lipinski definition) is 3. The van der Waals surface area contributed by atoms with Crippen LogP contribution in [0.2, 0.25) is 5.02 Å². The van der Waals surface area contributed by atoms with Crippen LogP contribution >= 0.6 is 24.0 Å². The number of benzene rings is 1. The highest BCUT2D eigenvalue weighted by atomic mass is 35.5. The van der Waals surface area contributed by atoms with Gasteiger partial charge < -0.3 is 15.0 Å². The van der Waals surface area contributed by atoms with E-state index in [2.05, 4.69) is 12.2 Å². The van der Waals surface area contributed by atoms with E-state index in [0.29, 0.717) is 22.3 Å². The number of carbonyl (C=O) groups excluding carboxylic acids is 1. The second kappa shape index (κ2) is 10.4. The molecule has 6 heteroatoms. The van der Waals surface area contributed by atoms with Crippen molar-refractivity contribution < 1.29 is 9.53 Å². The lowest BCUT2D eigenvalue weighted by Crippen LogP contribution is -2.41. The normalized spacial score (nSPS) is 18.6. The lowest BCUT2D eigenvalue weighted by atomic mass is 9.96. The van der Waals surface area contributed by atoms with E-state index in [-0.39, 0.29) is 24.4 Å². The lowest BCUT2D eigenvalue weighted by molar-refractivity contribution is 0.0683. The maximum absolute atomic E-state index is 13.0. The van der Waals surface area contributed by atoms with Crippen LogP contribution in [0.25, 0.3) is 0 Å². The fraction of sp³-hybridized carbons (Fsp3) is 0.650. The summed E-state index contributed by atoms with van der Waals surface area (Å²) in [5, 5.41) is 4.00. The molecule has 1 aliphatic carbocycles. The van der Waals surface area contributed by atoms with Crippen LogP contribution in [0.5, 0.6) is 5.75 Å². The molecule has 1 saturated carbocycles. The van der Waals surface area contributed by atoms with Crippen LogP contribution in [0, 0.1) is 5.92 Å². The van der Waals surface area contributed by atoms with Gasteiger partial charge in [0.05, 0.1) is 11.7 Å². The molecule has 3 rings (SSSR count). The SMILES string of the molecule is CCNCC1CCN(C(=O)c2cc(Cl)ccc2OC2CCCC2)CC1.Cl. The molecule has 1 aliphatic heterocycles. The van der Waals surface area contributed by atoms with Crippen molar-refractivity contribution in [2.24, 2.45) is 5.92 Å². The van der Waals surface area contributed by atoms with Gasteiger partial charge in [0, 0.05) is 18.1 Å². The van der Waals surface area contributed by atoms with Crippen molar-refractivity contribution in [2.75, 3.05) is 26.2 Å². The molecule has 0 radical (unpaired) electrons. The number of ether oxygens (including phenoxy) is 1. The molecule has 0 spiro atoms. The molecule has 1 amide bonds. The van der Waals surface area contributed by atoms with Crippen LogP contribution in [0.4, 0.5) is 0 Å². The van der Waals surface area contributed by atoms with Gasteiger partial charge in [0.2, 0.25) is 0 Å². The van der Waals surface area contributed by atoms with Crippen molar-refractivity contribution >= 4 is 29.9 Å². The Labute approximate surface area is 168 Å². The zero-order valence-corrected chi connectivity index (χ0v) is 17.1. The molecule has 2 aliphatic rings. The first kappa shape index (κ1) is 21.3. The van der Waals surface area contributed by atoms with Gasteiger partial charge in [-0.15, -0.1) is 12.4 Å². The number of halogens is 2. The minimum atomic E-state index is 0. The van der Waals surface area contributed by atoms with Crippen LogP contribution in [0.15, 0.2) is 18.2 Å². The summed E-state index contributed by atoms with van der Waals surface area (Å²) < 4.78 is 6.13. The Kier molecular flexibility index (Phi) is 8.52.